The minimum absolute atomic E-state index is 0.0613. The van der Waals surface area contributed by atoms with Gasteiger partial charge in [-0.3, -0.25) is 19.7 Å². The summed E-state index contributed by atoms with van der Waals surface area (Å²) in [6.07, 6.45) is 0. The van der Waals surface area contributed by atoms with Gasteiger partial charge in [-0.2, -0.15) is 0 Å². The molecule has 2 rings (SSSR count). The summed E-state index contributed by atoms with van der Waals surface area (Å²) in [7, 11) is 0. The van der Waals surface area contributed by atoms with Crippen LogP contribution < -0.4 is 5.32 Å². The maximum absolute atomic E-state index is 12.6. The van der Waals surface area contributed by atoms with Crippen molar-refractivity contribution < 1.29 is 14.5 Å². The number of hydrogen-bond acceptors (Lipinski definition) is 4. The topological polar surface area (TPSA) is 92.6 Å². The van der Waals surface area contributed by atoms with E-state index in [2.05, 4.69) is 5.32 Å². The first-order valence-corrected chi connectivity index (χ1v) is 8.77. The molecule has 2 aromatic carbocycles. The lowest BCUT2D eigenvalue weighted by molar-refractivity contribution is -0.384. The molecule has 0 fully saturated rings. The standard InChI is InChI=1S/C18H17Cl2N3O4/c1-3-22(10-17(24)21-15-9-13(19)6-4-11(15)2)18(25)12-5-7-14(20)16(8-12)23(26)27/h4-9H,3,10H2,1-2H3,(H,21,24). The molecule has 7 nitrogen and oxygen atoms in total. The van der Waals surface area contributed by atoms with Gasteiger partial charge >= 0.3 is 0 Å². The summed E-state index contributed by atoms with van der Waals surface area (Å²) in [5.74, 6) is -0.908. The van der Waals surface area contributed by atoms with E-state index in [-0.39, 0.29) is 29.4 Å². The van der Waals surface area contributed by atoms with Crippen LogP contribution in [0.25, 0.3) is 0 Å². The van der Waals surface area contributed by atoms with Gasteiger partial charge in [-0.25, -0.2) is 0 Å². The minimum atomic E-state index is -0.663. The molecule has 142 valence electrons. The van der Waals surface area contributed by atoms with E-state index in [0.29, 0.717) is 10.7 Å². The quantitative estimate of drug-likeness (QED) is 0.567. The van der Waals surface area contributed by atoms with Crippen molar-refractivity contribution in [2.45, 2.75) is 13.8 Å². The fourth-order valence-corrected chi connectivity index (χ4v) is 2.75. The molecule has 27 heavy (non-hydrogen) atoms. The molecule has 2 amide bonds. The third kappa shape index (κ3) is 5.18. The Morgan fingerprint density at radius 2 is 1.89 bits per heavy atom. The number of anilines is 1. The number of amides is 2. The van der Waals surface area contributed by atoms with Crippen molar-refractivity contribution >= 4 is 46.4 Å². The molecule has 0 unspecified atom stereocenters. The molecule has 0 spiro atoms. The lowest BCUT2D eigenvalue weighted by atomic mass is 10.1. The fourth-order valence-electron chi connectivity index (χ4n) is 2.39. The molecule has 0 aliphatic carbocycles. The van der Waals surface area contributed by atoms with Crippen LogP contribution in [0.2, 0.25) is 10.0 Å². The van der Waals surface area contributed by atoms with Crippen LogP contribution in [0.3, 0.4) is 0 Å². The second kappa shape index (κ2) is 8.83. The Morgan fingerprint density at radius 1 is 1.19 bits per heavy atom. The van der Waals surface area contributed by atoms with Gasteiger partial charge in [-0.05, 0) is 43.7 Å². The molecule has 0 heterocycles. The Kier molecular flexibility index (Phi) is 6.76. The number of nitrogens with zero attached hydrogens (tertiary/aromatic N) is 2. The number of nitro groups is 1. The Balaban J connectivity index is 2.15. The smallest absolute Gasteiger partial charge is 0.288 e. The van der Waals surface area contributed by atoms with E-state index >= 15 is 0 Å². The number of carbonyl (C=O) groups excluding carboxylic acids is 2. The van der Waals surface area contributed by atoms with Crippen LogP contribution in [0.5, 0.6) is 0 Å². The average Bonchev–Trinajstić information content (AvgIpc) is 2.62. The van der Waals surface area contributed by atoms with Gasteiger partial charge in [0.05, 0.1) is 4.92 Å². The maximum atomic E-state index is 12.6. The summed E-state index contributed by atoms with van der Waals surface area (Å²) in [6.45, 7) is 3.57. The van der Waals surface area contributed by atoms with E-state index in [1.165, 1.54) is 17.0 Å². The largest absolute Gasteiger partial charge is 0.330 e. The Morgan fingerprint density at radius 3 is 2.52 bits per heavy atom. The fraction of sp³-hybridized carbons (Fsp3) is 0.222. The molecule has 1 N–H and O–H groups in total. The summed E-state index contributed by atoms with van der Waals surface area (Å²) < 4.78 is 0. The Labute approximate surface area is 166 Å². The van der Waals surface area contributed by atoms with Crippen LogP contribution in [0.4, 0.5) is 11.4 Å². The first-order valence-electron chi connectivity index (χ1n) is 8.02. The van der Waals surface area contributed by atoms with E-state index in [1.807, 2.05) is 6.92 Å². The van der Waals surface area contributed by atoms with Gasteiger partial charge in [-0.15, -0.1) is 0 Å². The predicted molar refractivity (Wildman–Crippen MR) is 105 cm³/mol. The van der Waals surface area contributed by atoms with E-state index in [0.717, 1.165) is 11.6 Å². The molecule has 0 atom stereocenters. The molecular weight excluding hydrogens is 393 g/mol. The summed E-state index contributed by atoms with van der Waals surface area (Å²) in [6, 6.07) is 8.88. The monoisotopic (exact) mass is 409 g/mol. The highest BCUT2D eigenvalue weighted by Gasteiger charge is 2.21. The van der Waals surface area contributed by atoms with Crippen molar-refractivity contribution in [1.29, 1.82) is 0 Å². The highest BCUT2D eigenvalue weighted by molar-refractivity contribution is 6.32. The number of halogens is 2. The lowest BCUT2D eigenvalue weighted by Crippen LogP contribution is -2.38. The average molecular weight is 410 g/mol. The molecule has 9 heteroatoms. The first kappa shape index (κ1) is 20.7. The van der Waals surface area contributed by atoms with Gasteiger partial charge in [0.25, 0.3) is 11.6 Å². The van der Waals surface area contributed by atoms with Crippen molar-refractivity contribution in [2.75, 3.05) is 18.4 Å². The highest BCUT2D eigenvalue weighted by atomic mass is 35.5. The molecule has 0 aromatic heterocycles. The Bertz CT molecular complexity index is 902. The van der Waals surface area contributed by atoms with Crippen molar-refractivity contribution in [3.05, 3.63) is 67.7 Å². The van der Waals surface area contributed by atoms with Crippen LogP contribution in [-0.2, 0) is 4.79 Å². The van der Waals surface area contributed by atoms with Crippen LogP contribution in [-0.4, -0.2) is 34.7 Å². The SMILES string of the molecule is CCN(CC(=O)Nc1cc(Cl)ccc1C)C(=O)c1ccc(Cl)c([N+](=O)[O-])c1. The van der Waals surface area contributed by atoms with E-state index in [1.54, 1.807) is 25.1 Å². The number of nitro benzene ring substituents is 1. The summed E-state index contributed by atoms with van der Waals surface area (Å²) in [5.41, 5.74) is 1.10. The normalized spacial score (nSPS) is 10.4. The summed E-state index contributed by atoms with van der Waals surface area (Å²) in [4.78, 5) is 36.6. The lowest BCUT2D eigenvalue weighted by Gasteiger charge is -2.21. The van der Waals surface area contributed by atoms with Crippen LogP contribution >= 0.6 is 23.2 Å². The molecular formula is C18H17Cl2N3O4. The van der Waals surface area contributed by atoms with E-state index in [4.69, 9.17) is 23.2 Å². The number of carbonyl (C=O) groups is 2. The summed E-state index contributed by atoms with van der Waals surface area (Å²) in [5, 5.41) is 14.1. The number of benzene rings is 2. The third-order valence-electron chi connectivity index (χ3n) is 3.87. The number of nitrogens with one attached hydrogen (secondary N) is 1. The van der Waals surface area contributed by atoms with Crippen LogP contribution in [0, 0.1) is 17.0 Å². The molecule has 0 saturated carbocycles. The third-order valence-corrected chi connectivity index (χ3v) is 4.42. The number of likely N-dealkylation sites (N-methyl/N-ethyl adjacent to an activating group) is 1. The molecule has 2 aromatic rings. The van der Waals surface area contributed by atoms with Crippen molar-refractivity contribution in [2.24, 2.45) is 0 Å². The van der Waals surface area contributed by atoms with Gasteiger partial charge in [0, 0.05) is 28.9 Å². The zero-order valence-electron chi connectivity index (χ0n) is 14.7. The van der Waals surface area contributed by atoms with Gasteiger partial charge in [0.2, 0.25) is 5.91 Å². The highest BCUT2D eigenvalue weighted by Crippen LogP contribution is 2.26. The van der Waals surface area contributed by atoms with Gasteiger partial charge in [-0.1, -0.05) is 29.3 Å². The molecule has 0 bridgehead atoms. The number of hydrogen-bond donors (Lipinski definition) is 1. The van der Waals surface area contributed by atoms with Gasteiger partial charge < -0.3 is 10.2 Å². The van der Waals surface area contributed by atoms with E-state index < -0.39 is 16.7 Å². The van der Waals surface area contributed by atoms with Gasteiger partial charge in [0.15, 0.2) is 0 Å². The first-order chi connectivity index (χ1) is 12.7. The Hall–Kier alpha value is -2.64. The van der Waals surface area contributed by atoms with Crippen molar-refractivity contribution in [3.63, 3.8) is 0 Å². The minimum Gasteiger partial charge on any atom is -0.330 e. The second-order valence-electron chi connectivity index (χ2n) is 5.75. The molecule has 0 radical (unpaired) electrons. The van der Waals surface area contributed by atoms with Gasteiger partial charge in [0.1, 0.15) is 11.6 Å². The van der Waals surface area contributed by atoms with Crippen LogP contribution in [0.1, 0.15) is 22.8 Å². The second-order valence-corrected chi connectivity index (χ2v) is 6.59. The number of rotatable bonds is 6. The van der Waals surface area contributed by atoms with Crippen molar-refractivity contribution in [1.82, 2.24) is 4.90 Å². The maximum Gasteiger partial charge on any atom is 0.288 e. The number of aryl methyl sites for hydroxylation is 1. The molecule has 0 aliphatic heterocycles. The van der Waals surface area contributed by atoms with Crippen LogP contribution in [0.15, 0.2) is 36.4 Å². The zero-order chi connectivity index (χ0) is 20.1. The van der Waals surface area contributed by atoms with E-state index in [9.17, 15) is 19.7 Å². The van der Waals surface area contributed by atoms with Crippen molar-refractivity contribution in [3.8, 4) is 0 Å². The summed E-state index contributed by atoms with van der Waals surface area (Å²) >= 11 is 11.7. The molecule has 0 saturated heterocycles. The molecule has 0 aliphatic rings. The zero-order valence-corrected chi connectivity index (χ0v) is 16.2. The predicted octanol–water partition coefficient (Wildman–Crippen LogP) is 4.31.